The second-order valence-electron chi connectivity index (χ2n) is 3.23. The molecule has 0 N–H and O–H groups in total. The molecule has 1 aromatic rings. The molecule has 0 aromatic carbocycles. The lowest BCUT2D eigenvalue weighted by Gasteiger charge is -2.13. The summed E-state index contributed by atoms with van der Waals surface area (Å²) in [6, 6.07) is 6.18. The third-order valence-electron chi connectivity index (χ3n) is 2.15. The van der Waals surface area contributed by atoms with E-state index in [2.05, 4.69) is 23.0 Å². The number of pyridine rings is 1. The Morgan fingerprint density at radius 3 is 2.92 bits per heavy atom. The molecule has 0 aliphatic carbocycles. The number of aliphatic imine (C=N–C) groups is 1. The fraction of sp³-hybridized carbons (Fsp3) is 0.273. The van der Waals surface area contributed by atoms with Gasteiger partial charge in [0.05, 0.1) is 11.7 Å². The van der Waals surface area contributed by atoms with Gasteiger partial charge >= 0.3 is 0 Å². The van der Waals surface area contributed by atoms with Crippen molar-refractivity contribution in [1.29, 1.82) is 0 Å². The van der Waals surface area contributed by atoms with Crippen molar-refractivity contribution in [2.45, 2.75) is 19.4 Å². The molecule has 2 rings (SSSR count). The van der Waals surface area contributed by atoms with Crippen LogP contribution in [0.5, 0.6) is 0 Å². The summed E-state index contributed by atoms with van der Waals surface area (Å²) >= 11 is 0. The fourth-order valence-corrected chi connectivity index (χ4v) is 1.39. The van der Waals surface area contributed by atoms with Crippen LogP contribution in [-0.4, -0.2) is 11.2 Å². The molecule has 2 nitrogen and oxygen atoms in total. The van der Waals surface area contributed by atoms with E-state index in [1.165, 1.54) is 5.57 Å². The number of dihydropyridines is 1. The molecule has 0 fully saturated rings. The zero-order chi connectivity index (χ0) is 9.10. The first-order chi connectivity index (χ1) is 6.36. The van der Waals surface area contributed by atoms with Crippen molar-refractivity contribution in [3.8, 4) is 0 Å². The van der Waals surface area contributed by atoms with Crippen LogP contribution in [0.3, 0.4) is 0 Å². The number of hydrogen-bond acceptors (Lipinski definition) is 2. The normalized spacial score (nSPS) is 21.3. The van der Waals surface area contributed by atoms with Crippen LogP contribution in [0, 0.1) is 0 Å². The highest BCUT2D eigenvalue weighted by molar-refractivity contribution is 5.78. The van der Waals surface area contributed by atoms with Crippen molar-refractivity contribution in [3.05, 3.63) is 41.7 Å². The summed E-state index contributed by atoms with van der Waals surface area (Å²) in [4.78, 5) is 8.71. The average Bonchev–Trinajstić information content (AvgIpc) is 2.20. The summed E-state index contributed by atoms with van der Waals surface area (Å²) in [6.45, 7) is 2.07. The monoisotopic (exact) mass is 172 g/mol. The Labute approximate surface area is 78.0 Å². The van der Waals surface area contributed by atoms with Gasteiger partial charge in [0, 0.05) is 12.4 Å². The predicted octanol–water partition coefficient (Wildman–Crippen LogP) is 2.54. The summed E-state index contributed by atoms with van der Waals surface area (Å²) in [5.74, 6) is 0. The van der Waals surface area contributed by atoms with Crippen LogP contribution in [0.25, 0.3) is 0 Å². The molecule has 1 aromatic heterocycles. The minimum atomic E-state index is 0.227. The van der Waals surface area contributed by atoms with E-state index in [1.54, 1.807) is 0 Å². The van der Waals surface area contributed by atoms with Gasteiger partial charge < -0.3 is 0 Å². The Balaban J connectivity index is 2.18. The standard InChI is InChI=1S/C11H12N2/c1-9-5-6-11(13-8-9)10-4-2-3-7-12-10/h2-5,7-8,11H,6H2,1H3. The van der Waals surface area contributed by atoms with Crippen molar-refractivity contribution in [3.63, 3.8) is 0 Å². The second-order valence-corrected chi connectivity index (χ2v) is 3.23. The van der Waals surface area contributed by atoms with E-state index in [0.29, 0.717) is 0 Å². The number of aromatic nitrogens is 1. The van der Waals surface area contributed by atoms with Crippen LogP contribution in [0.15, 0.2) is 41.0 Å². The van der Waals surface area contributed by atoms with E-state index in [9.17, 15) is 0 Å². The van der Waals surface area contributed by atoms with Crippen LogP contribution in [-0.2, 0) is 0 Å². The summed E-state index contributed by atoms with van der Waals surface area (Å²) in [5, 5.41) is 0. The third kappa shape index (κ3) is 1.83. The van der Waals surface area contributed by atoms with Gasteiger partial charge in [0.2, 0.25) is 0 Å². The van der Waals surface area contributed by atoms with Crippen molar-refractivity contribution in [2.75, 3.05) is 0 Å². The Morgan fingerprint density at radius 2 is 2.31 bits per heavy atom. The van der Waals surface area contributed by atoms with Crippen LogP contribution in [0.2, 0.25) is 0 Å². The molecule has 0 bridgehead atoms. The first-order valence-corrected chi connectivity index (χ1v) is 4.47. The zero-order valence-electron chi connectivity index (χ0n) is 7.64. The largest absolute Gasteiger partial charge is 0.283 e. The summed E-state index contributed by atoms with van der Waals surface area (Å²) in [6.07, 6.45) is 6.91. The highest BCUT2D eigenvalue weighted by Crippen LogP contribution is 2.22. The highest BCUT2D eigenvalue weighted by atomic mass is 14.8. The van der Waals surface area contributed by atoms with Crippen molar-refractivity contribution in [1.82, 2.24) is 4.98 Å². The Bertz CT molecular complexity index is 338. The quantitative estimate of drug-likeness (QED) is 0.639. The SMILES string of the molecule is CC1=CCC(c2ccccn2)N=C1. The first kappa shape index (κ1) is 8.17. The third-order valence-corrected chi connectivity index (χ3v) is 2.15. The molecule has 0 saturated carbocycles. The summed E-state index contributed by atoms with van der Waals surface area (Å²) in [5.41, 5.74) is 2.30. The highest BCUT2D eigenvalue weighted by Gasteiger charge is 2.10. The molecule has 2 heteroatoms. The number of nitrogens with zero attached hydrogens (tertiary/aromatic N) is 2. The smallest absolute Gasteiger partial charge is 0.0954 e. The Hall–Kier alpha value is -1.44. The molecule has 66 valence electrons. The molecule has 1 aliphatic rings. The maximum atomic E-state index is 4.42. The zero-order valence-corrected chi connectivity index (χ0v) is 7.64. The minimum absolute atomic E-state index is 0.227. The minimum Gasteiger partial charge on any atom is -0.283 e. The van der Waals surface area contributed by atoms with E-state index in [0.717, 1.165) is 12.1 Å². The predicted molar refractivity (Wildman–Crippen MR) is 53.8 cm³/mol. The van der Waals surface area contributed by atoms with Gasteiger partial charge in [-0.25, -0.2) is 0 Å². The maximum Gasteiger partial charge on any atom is 0.0954 e. The van der Waals surface area contributed by atoms with Gasteiger partial charge in [-0.15, -0.1) is 0 Å². The average molecular weight is 172 g/mol. The van der Waals surface area contributed by atoms with Gasteiger partial charge in [0.15, 0.2) is 0 Å². The molecule has 0 radical (unpaired) electrons. The van der Waals surface area contributed by atoms with Gasteiger partial charge in [-0.2, -0.15) is 0 Å². The topological polar surface area (TPSA) is 25.2 Å². The lowest BCUT2D eigenvalue weighted by atomic mass is 10.1. The van der Waals surface area contributed by atoms with Crippen LogP contribution in [0.4, 0.5) is 0 Å². The van der Waals surface area contributed by atoms with Gasteiger partial charge in [-0.1, -0.05) is 12.1 Å². The van der Waals surface area contributed by atoms with Crippen molar-refractivity contribution in [2.24, 2.45) is 4.99 Å². The number of hydrogen-bond donors (Lipinski definition) is 0. The van der Waals surface area contributed by atoms with E-state index in [-0.39, 0.29) is 6.04 Å². The maximum absolute atomic E-state index is 4.42. The molecular weight excluding hydrogens is 160 g/mol. The molecule has 13 heavy (non-hydrogen) atoms. The number of allylic oxidation sites excluding steroid dienone is 1. The lowest BCUT2D eigenvalue weighted by molar-refractivity contribution is 0.709. The van der Waals surface area contributed by atoms with Gasteiger partial charge in [-0.05, 0) is 31.1 Å². The summed E-state index contributed by atoms with van der Waals surface area (Å²) < 4.78 is 0. The number of rotatable bonds is 1. The van der Waals surface area contributed by atoms with E-state index < -0.39 is 0 Å². The first-order valence-electron chi connectivity index (χ1n) is 4.47. The molecule has 0 saturated heterocycles. The molecule has 0 amide bonds. The van der Waals surface area contributed by atoms with E-state index >= 15 is 0 Å². The second kappa shape index (κ2) is 3.52. The Morgan fingerprint density at radius 1 is 1.38 bits per heavy atom. The molecule has 1 aliphatic heterocycles. The van der Waals surface area contributed by atoms with Crippen LogP contribution in [0.1, 0.15) is 25.1 Å². The molecule has 1 atom stereocenters. The van der Waals surface area contributed by atoms with E-state index in [4.69, 9.17) is 0 Å². The molecule has 1 unspecified atom stereocenters. The molecular formula is C11H12N2. The fourth-order valence-electron chi connectivity index (χ4n) is 1.39. The van der Waals surface area contributed by atoms with Crippen molar-refractivity contribution < 1.29 is 0 Å². The van der Waals surface area contributed by atoms with Gasteiger partial charge in [0.1, 0.15) is 0 Å². The van der Waals surface area contributed by atoms with Gasteiger partial charge in [-0.3, -0.25) is 9.98 Å². The molecule has 2 heterocycles. The Kier molecular flexibility index (Phi) is 2.21. The van der Waals surface area contributed by atoms with Crippen LogP contribution >= 0.6 is 0 Å². The summed E-state index contributed by atoms with van der Waals surface area (Å²) in [7, 11) is 0. The van der Waals surface area contributed by atoms with Gasteiger partial charge in [0.25, 0.3) is 0 Å². The van der Waals surface area contributed by atoms with E-state index in [1.807, 2.05) is 30.6 Å². The lowest BCUT2D eigenvalue weighted by Crippen LogP contribution is -2.01. The van der Waals surface area contributed by atoms with Crippen molar-refractivity contribution >= 4 is 6.21 Å². The molecule has 0 spiro atoms. The van der Waals surface area contributed by atoms with Crippen LogP contribution < -0.4 is 0 Å².